The van der Waals surface area contributed by atoms with E-state index in [4.69, 9.17) is 11.6 Å². The van der Waals surface area contributed by atoms with E-state index < -0.39 is 10.0 Å². The van der Waals surface area contributed by atoms with Gasteiger partial charge in [-0.15, -0.1) is 11.6 Å². The normalized spacial score (nSPS) is 14.2. The third kappa shape index (κ3) is 4.65. The molecule has 1 unspecified atom stereocenters. The standard InChI is InChI=1S/C10H18ClN3O2S/c1-8(2)4-9(11)5-13-17(15,16)10-6-12-14(3)7-10/h6-9,13H,4-5H2,1-3H3. The summed E-state index contributed by atoms with van der Waals surface area (Å²) in [6.07, 6.45) is 3.54. The van der Waals surface area contributed by atoms with Crippen molar-refractivity contribution in [3.8, 4) is 0 Å². The number of hydrogen-bond acceptors (Lipinski definition) is 3. The van der Waals surface area contributed by atoms with E-state index in [0.717, 1.165) is 6.42 Å². The highest BCUT2D eigenvalue weighted by Crippen LogP contribution is 2.11. The summed E-state index contributed by atoms with van der Waals surface area (Å²) in [5.41, 5.74) is 0. The molecule has 1 N–H and O–H groups in total. The minimum Gasteiger partial charge on any atom is -0.274 e. The van der Waals surface area contributed by atoms with Crippen molar-refractivity contribution < 1.29 is 8.42 Å². The summed E-state index contributed by atoms with van der Waals surface area (Å²) in [7, 11) is -1.82. The Labute approximate surface area is 107 Å². The molecule has 0 aliphatic rings. The Hall–Kier alpha value is -0.590. The van der Waals surface area contributed by atoms with Crippen LogP contribution < -0.4 is 4.72 Å². The van der Waals surface area contributed by atoms with E-state index in [1.165, 1.54) is 17.1 Å². The molecular weight excluding hydrogens is 262 g/mol. The molecular formula is C10H18ClN3O2S. The molecule has 0 saturated heterocycles. The SMILES string of the molecule is CC(C)CC(Cl)CNS(=O)(=O)c1cnn(C)c1. The number of hydrogen-bond donors (Lipinski definition) is 1. The van der Waals surface area contributed by atoms with E-state index in [0.29, 0.717) is 5.92 Å². The Kier molecular flexibility index (Phi) is 4.97. The monoisotopic (exact) mass is 279 g/mol. The predicted molar refractivity (Wildman–Crippen MR) is 67.5 cm³/mol. The topological polar surface area (TPSA) is 64.0 Å². The first kappa shape index (κ1) is 14.5. The number of aryl methyl sites for hydroxylation is 1. The Morgan fingerprint density at radius 3 is 2.65 bits per heavy atom. The second-order valence-corrected chi connectivity index (χ2v) is 6.81. The van der Waals surface area contributed by atoms with Crippen molar-refractivity contribution >= 4 is 21.6 Å². The molecule has 0 aliphatic heterocycles. The van der Waals surface area contributed by atoms with Crippen molar-refractivity contribution in [3.05, 3.63) is 12.4 Å². The molecule has 0 aliphatic carbocycles. The highest BCUT2D eigenvalue weighted by molar-refractivity contribution is 7.89. The molecule has 0 spiro atoms. The third-order valence-corrected chi connectivity index (χ3v) is 3.92. The van der Waals surface area contributed by atoms with E-state index in [9.17, 15) is 8.42 Å². The summed E-state index contributed by atoms with van der Waals surface area (Å²) in [4.78, 5) is 0.161. The summed E-state index contributed by atoms with van der Waals surface area (Å²) in [5.74, 6) is 0.445. The van der Waals surface area contributed by atoms with Crippen LogP contribution in [0.2, 0.25) is 0 Å². The molecule has 1 heterocycles. The molecule has 0 radical (unpaired) electrons. The number of halogens is 1. The van der Waals surface area contributed by atoms with Crippen molar-refractivity contribution in [1.29, 1.82) is 0 Å². The van der Waals surface area contributed by atoms with E-state index in [2.05, 4.69) is 9.82 Å². The smallest absolute Gasteiger partial charge is 0.243 e. The van der Waals surface area contributed by atoms with Gasteiger partial charge in [0.25, 0.3) is 0 Å². The molecule has 17 heavy (non-hydrogen) atoms. The van der Waals surface area contributed by atoms with E-state index in [1.807, 2.05) is 13.8 Å². The fraction of sp³-hybridized carbons (Fsp3) is 0.700. The Morgan fingerprint density at radius 2 is 2.18 bits per heavy atom. The van der Waals surface area contributed by atoms with Crippen molar-refractivity contribution in [1.82, 2.24) is 14.5 Å². The number of rotatable bonds is 6. The molecule has 1 rings (SSSR count). The van der Waals surface area contributed by atoms with Crippen LogP contribution in [-0.2, 0) is 17.1 Å². The van der Waals surface area contributed by atoms with Gasteiger partial charge in [-0.3, -0.25) is 4.68 Å². The number of aromatic nitrogens is 2. The molecule has 0 aromatic carbocycles. The Bertz CT molecular complexity index is 456. The van der Waals surface area contributed by atoms with Crippen LogP contribution in [0, 0.1) is 5.92 Å². The summed E-state index contributed by atoms with van der Waals surface area (Å²) in [5, 5.41) is 3.63. The van der Waals surface area contributed by atoms with Gasteiger partial charge in [0.1, 0.15) is 4.90 Å². The second-order valence-electron chi connectivity index (χ2n) is 4.43. The largest absolute Gasteiger partial charge is 0.274 e. The van der Waals surface area contributed by atoms with Gasteiger partial charge in [0, 0.05) is 25.2 Å². The predicted octanol–water partition coefficient (Wildman–Crippen LogP) is 1.35. The zero-order valence-electron chi connectivity index (χ0n) is 10.2. The minimum atomic E-state index is -3.49. The highest BCUT2D eigenvalue weighted by Gasteiger charge is 2.17. The van der Waals surface area contributed by atoms with Crippen LogP contribution in [-0.4, -0.2) is 30.1 Å². The minimum absolute atomic E-state index is 0.161. The van der Waals surface area contributed by atoms with Gasteiger partial charge in [-0.25, -0.2) is 13.1 Å². The van der Waals surface area contributed by atoms with E-state index in [1.54, 1.807) is 7.05 Å². The summed E-state index contributed by atoms with van der Waals surface area (Å²) >= 11 is 6.03. The fourth-order valence-electron chi connectivity index (χ4n) is 1.42. The van der Waals surface area contributed by atoms with Gasteiger partial charge < -0.3 is 0 Å². The van der Waals surface area contributed by atoms with Crippen molar-refractivity contribution in [2.24, 2.45) is 13.0 Å². The first-order valence-corrected chi connectivity index (χ1v) is 7.35. The molecule has 0 fully saturated rings. The van der Waals surface area contributed by atoms with Gasteiger partial charge in [0.2, 0.25) is 10.0 Å². The molecule has 5 nitrogen and oxygen atoms in total. The van der Waals surface area contributed by atoms with Crippen LogP contribution in [0.4, 0.5) is 0 Å². The summed E-state index contributed by atoms with van der Waals surface area (Å²) in [6, 6.07) is 0. The van der Waals surface area contributed by atoms with Gasteiger partial charge in [-0.2, -0.15) is 5.10 Å². The maximum Gasteiger partial charge on any atom is 0.243 e. The Balaban J connectivity index is 2.56. The molecule has 1 atom stereocenters. The van der Waals surface area contributed by atoms with Crippen molar-refractivity contribution in [2.45, 2.75) is 30.5 Å². The molecule has 98 valence electrons. The molecule has 1 aromatic heterocycles. The van der Waals surface area contributed by atoms with Gasteiger partial charge in [-0.1, -0.05) is 13.8 Å². The number of nitrogens with one attached hydrogen (secondary N) is 1. The van der Waals surface area contributed by atoms with Gasteiger partial charge in [0.05, 0.1) is 6.20 Å². The van der Waals surface area contributed by atoms with E-state index in [-0.39, 0.29) is 16.8 Å². The third-order valence-electron chi connectivity index (χ3n) is 2.21. The maximum atomic E-state index is 11.8. The van der Waals surface area contributed by atoms with Gasteiger partial charge in [-0.05, 0) is 12.3 Å². The summed E-state index contributed by atoms with van der Waals surface area (Å²) in [6.45, 7) is 4.33. The lowest BCUT2D eigenvalue weighted by atomic mass is 10.1. The zero-order chi connectivity index (χ0) is 13.1. The lowest BCUT2D eigenvalue weighted by Crippen LogP contribution is -2.30. The van der Waals surface area contributed by atoms with Gasteiger partial charge >= 0.3 is 0 Å². The second kappa shape index (κ2) is 5.84. The maximum absolute atomic E-state index is 11.8. The quantitative estimate of drug-likeness (QED) is 0.800. The lowest BCUT2D eigenvalue weighted by molar-refractivity contribution is 0.544. The van der Waals surface area contributed by atoms with Crippen LogP contribution >= 0.6 is 11.6 Å². The molecule has 7 heteroatoms. The van der Waals surface area contributed by atoms with E-state index >= 15 is 0 Å². The van der Waals surface area contributed by atoms with Crippen LogP contribution in [0.25, 0.3) is 0 Å². The van der Waals surface area contributed by atoms with Crippen molar-refractivity contribution in [2.75, 3.05) is 6.54 Å². The average molecular weight is 280 g/mol. The first-order valence-electron chi connectivity index (χ1n) is 5.43. The molecule has 0 bridgehead atoms. The number of sulfonamides is 1. The lowest BCUT2D eigenvalue weighted by Gasteiger charge is -2.12. The number of alkyl halides is 1. The molecule has 0 saturated carbocycles. The Morgan fingerprint density at radius 1 is 1.53 bits per heavy atom. The van der Waals surface area contributed by atoms with Crippen molar-refractivity contribution in [3.63, 3.8) is 0 Å². The fourth-order valence-corrected chi connectivity index (χ4v) is 3.01. The van der Waals surface area contributed by atoms with Crippen LogP contribution in [0.15, 0.2) is 17.3 Å². The highest BCUT2D eigenvalue weighted by atomic mass is 35.5. The zero-order valence-corrected chi connectivity index (χ0v) is 11.8. The average Bonchev–Trinajstić information content (AvgIpc) is 2.62. The van der Waals surface area contributed by atoms with Crippen LogP contribution in [0.3, 0.4) is 0 Å². The summed E-state index contributed by atoms with van der Waals surface area (Å²) < 4.78 is 27.6. The first-order chi connectivity index (χ1) is 7.81. The van der Waals surface area contributed by atoms with Crippen LogP contribution in [0.1, 0.15) is 20.3 Å². The number of nitrogens with zero attached hydrogens (tertiary/aromatic N) is 2. The molecule has 0 amide bonds. The van der Waals surface area contributed by atoms with Crippen LogP contribution in [0.5, 0.6) is 0 Å². The molecule has 1 aromatic rings. The van der Waals surface area contributed by atoms with Gasteiger partial charge in [0.15, 0.2) is 0 Å².